The molecule has 0 radical (unpaired) electrons. The zero-order chi connectivity index (χ0) is 13.4. The zero-order valence-corrected chi connectivity index (χ0v) is 11.3. The zero-order valence-electron chi connectivity index (χ0n) is 10.6. The number of carbonyl (C=O) groups excluding carboxylic acids is 1. The standard InChI is InChI=1S/C12H19ClN4O/c1-2-5-11-16-9(13)8-12(17-11)15-7-4-3-6-10(14)18/h8H,2-7H2,1H3,(H2,14,18)(H,15,16,17). The molecule has 0 saturated carbocycles. The lowest BCUT2D eigenvalue weighted by atomic mass is 10.2. The van der Waals surface area contributed by atoms with Gasteiger partial charge >= 0.3 is 0 Å². The van der Waals surface area contributed by atoms with Crippen LogP contribution in [0.3, 0.4) is 0 Å². The molecular weight excluding hydrogens is 252 g/mol. The fraction of sp³-hybridized carbons (Fsp3) is 0.583. The number of carbonyl (C=O) groups is 1. The molecule has 0 unspecified atom stereocenters. The van der Waals surface area contributed by atoms with E-state index in [0.717, 1.165) is 43.9 Å². The summed E-state index contributed by atoms with van der Waals surface area (Å²) in [5.41, 5.74) is 5.06. The lowest BCUT2D eigenvalue weighted by Gasteiger charge is -2.07. The predicted octanol–water partition coefficient (Wildman–Crippen LogP) is 2.15. The van der Waals surface area contributed by atoms with E-state index in [4.69, 9.17) is 17.3 Å². The van der Waals surface area contributed by atoms with Gasteiger partial charge in [0.15, 0.2) is 0 Å². The first-order valence-corrected chi connectivity index (χ1v) is 6.55. The minimum Gasteiger partial charge on any atom is -0.370 e. The van der Waals surface area contributed by atoms with Gasteiger partial charge in [-0.05, 0) is 19.3 Å². The van der Waals surface area contributed by atoms with Gasteiger partial charge < -0.3 is 11.1 Å². The third-order valence-corrected chi connectivity index (χ3v) is 2.56. The van der Waals surface area contributed by atoms with Crippen LogP contribution in [-0.2, 0) is 11.2 Å². The highest BCUT2D eigenvalue weighted by atomic mass is 35.5. The van der Waals surface area contributed by atoms with Crippen LogP contribution in [0.1, 0.15) is 38.4 Å². The Balaban J connectivity index is 2.39. The highest BCUT2D eigenvalue weighted by Crippen LogP contribution is 2.12. The fourth-order valence-corrected chi connectivity index (χ4v) is 1.73. The molecule has 1 aromatic heterocycles. The average molecular weight is 271 g/mol. The van der Waals surface area contributed by atoms with Gasteiger partial charge in [-0.2, -0.15) is 0 Å². The van der Waals surface area contributed by atoms with E-state index in [9.17, 15) is 4.79 Å². The van der Waals surface area contributed by atoms with Crippen LogP contribution >= 0.6 is 11.6 Å². The van der Waals surface area contributed by atoms with Gasteiger partial charge in [-0.15, -0.1) is 0 Å². The number of nitrogens with one attached hydrogen (secondary N) is 1. The Morgan fingerprint density at radius 3 is 2.89 bits per heavy atom. The summed E-state index contributed by atoms with van der Waals surface area (Å²) in [5, 5.41) is 3.62. The monoisotopic (exact) mass is 270 g/mol. The maximum Gasteiger partial charge on any atom is 0.217 e. The molecular formula is C12H19ClN4O. The maximum atomic E-state index is 10.6. The van der Waals surface area contributed by atoms with Gasteiger partial charge in [0, 0.05) is 25.5 Å². The first-order valence-electron chi connectivity index (χ1n) is 6.17. The van der Waals surface area contributed by atoms with Crippen LogP contribution < -0.4 is 11.1 Å². The summed E-state index contributed by atoms with van der Waals surface area (Å²) in [4.78, 5) is 19.1. The van der Waals surface area contributed by atoms with Crippen LogP contribution in [0.15, 0.2) is 6.07 Å². The number of hydrogen-bond donors (Lipinski definition) is 2. The van der Waals surface area contributed by atoms with E-state index in [1.54, 1.807) is 6.07 Å². The molecule has 0 aromatic carbocycles. The van der Waals surface area contributed by atoms with Gasteiger partial charge in [0.05, 0.1) is 0 Å². The van der Waals surface area contributed by atoms with E-state index in [1.807, 2.05) is 0 Å². The normalized spacial score (nSPS) is 10.3. The number of aromatic nitrogens is 2. The van der Waals surface area contributed by atoms with Crippen LogP contribution in [0.5, 0.6) is 0 Å². The van der Waals surface area contributed by atoms with Crippen LogP contribution in [-0.4, -0.2) is 22.4 Å². The Morgan fingerprint density at radius 2 is 2.22 bits per heavy atom. The van der Waals surface area contributed by atoms with Crippen molar-refractivity contribution in [1.29, 1.82) is 0 Å². The molecule has 0 aliphatic rings. The van der Waals surface area contributed by atoms with Crippen LogP contribution in [0.4, 0.5) is 5.82 Å². The number of halogens is 1. The minimum atomic E-state index is -0.259. The minimum absolute atomic E-state index is 0.259. The molecule has 6 heteroatoms. The van der Waals surface area contributed by atoms with Gasteiger partial charge in [0.1, 0.15) is 16.8 Å². The molecule has 0 fully saturated rings. The summed E-state index contributed by atoms with van der Waals surface area (Å²) in [7, 11) is 0. The van der Waals surface area contributed by atoms with E-state index in [-0.39, 0.29) is 5.91 Å². The summed E-state index contributed by atoms with van der Waals surface area (Å²) in [6.07, 6.45) is 3.87. The smallest absolute Gasteiger partial charge is 0.217 e. The third kappa shape index (κ3) is 5.82. The van der Waals surface area contributed by atoms with Gasteiger partial charge in [0.2, 0.25) is 5.91 Å². The SMILES string of the molecule is CCCc1nc(Cl)cc(NCCCCC(N)=O)n1. The summed E-state index contributed by atoms with van der Waals surface area (Å²) in [6, 6.07) is 1.70. The number of primary amides is 1. The Labute approximate surface area is 112 Å². The van der Waals surface area contributed by atoms with Crippen LogP contribution in [0.2, 0.25) is 5.15 Å². The van der Waals surface area contributed by atoms with Gasteiger partial charge in [-0.25, -0.2) is 9.97 Å². The highest BCUT2D eigenvalue weighted by molar-refractivity contribution is 6.29. The van der Waals surface area contributed by atoms with Gasteiger partial charge in [-0.1, -0.05) is 18.5 Å². The topological polar surface area (TPSA) is 80.9 Å². The van der Waals surface area contributed by atoms with Crippen molar-refractivity contribution in [3.63, 3.8) is 0 Å². The summed E-state index contributed by atoms with van der Waals surface area (Å²) in [5.74, 6) is 1.23. The largest absolute Gasteiger partial charge is 0.370 e. The van der Waals surface area contributed by atoms with E-state index >= 15 is 0 Å². The van der Waals surface area contributed by atoms with Crippen molar-refractivity contribution in [2.24, 2.45) is 5.73 Å². The number of nitrogens with two attached hydrogens (primary N) is 1. The molecule has 1 aromatic rings. The Hall–Kier alpha value is -1.36. The highest BCUT2D eigenvalue weighted by Gasteiger charge is 2.02. The molecule has 3 N–H and O–H groups in total. The molecule has 1 amide bonds. The lowest BCUT2D eigenvalue weighted by Crippen LogP contribution is -2.11. The summed E-state index contributed by atoms with van der Waals surface area (Å²) < 4.78 is 0. The number of unbranched alkanes of at least 4 members (excludes halogenated alkanes) is 1. The van der Waals surface area contributed by atoms with Crippen molar-refractivity contribution < 1.29 is 4.79 Å². The van der Waals surface area contributed by atoms with Crippen molar-refractivity contribution >= 4 is 23.3 Å². The quantitative estimate of drug-likeness (QED) is 0.560. The van der Waals surface area contributed by atoms with E-state index < -0.39 is 0 Å². The number of aryl methyl sites for hydroxylation is 1. The first-order chi connectivity index (χ1) is 8.61. The molecule has 0 aliphatic carbocycles. The molecule has 100 valence electrons. The van der Waals surface area contributed by atoms with Crippen molar-refractivity contribution in [1.82, 2.24) is 9.97 Å². The second kappa shape index (κ2) is 7.87. The summed E-state index contributed by atoms with van der Waals surface area (Å²) >= 11 is 5.92. The van der Waals surface area contributed by atoms with Gasteiger partial charge in [-0.3, -0.25) is 4.79 Å². The third-order valence-electron chi connectivity index (χ3n) is 2.37. The Morgan fingerprint density at radius 1 is 1.44 bits per heavy atom. The molecule has 0 bridgehead atoms. The second-order valence-electron chi connectivity index (χ2n) is 4.09. The number of nitrogens with zero attached hydrogens (tertiary/aromatic N) is 2. The van der Waals surface area contributed by atoms with Crippen molar-refractivity contribution in [3.05, 3.63) is 17.0 Å². The number of rotatable bonds is 8. The first kappa shape index (κ1) is 14.7. The Kier molecular flexibility index (Phi) is 6.43. The molecule has 1 heterocycles. The summed E-state index contributed by atoms with van der Waals surface area (Å²) in [6.45, 7) is 2.81. The van der Waals surface area contributed by atoms with Crippen molar-refractivity contribution in [2.75, 3.05) is 11.9 Å². The second-order valence-corrected chi connectivity index (χ2v) is 4.48. The van der Waals surface area contributed by atoms with Crippen molar-refractivity contribution in [3.8, 4) is 0 Å². The van der Waals surface area contributed by atoms with E-state index in [1.165, 1.54) is 0 Å². The van der Waals surface area contributed by atoms with Crippen LogP contribution in [0.25, 0.3) is 0 Å². The molecule has 0 spiro atoms. The molecule has 5 nitrogen and oxygen atoms in total. The molecule has 0 aliphatic heterocycles. The number of anilines is 1. The number of amides is 1. The fourth-order valence-electron chi connectivity index (χ4n) is 1.53. The van der Waals surface area contributed by atoms with Crippen molar-refractivity contribution in [2.45, 2.75) is 39.0 Å². The average Bonchev–Trinajstić information content (AvgIpc) is 2.28. The lowest BCUT2D eigenvalue weighted by molar-refractivity contribution is -0.118. The molecule has 1 rings (SSSR count). The maximum absolute atomic E-state index is 10.6. The molecule has 0 saturated heterocycles. The predicted molar refractivity (Wildman–Crippen MR) is 72.6 cm³/mol. The van der Waals surface area contributed by atoms with E-state index in [0.29, 0.717) is 11.6 Å². The van der Waals surface area contributed by atoms with Crippen LogP contribution in [0, 0.1) is 0 Å². The Bertz CT molecular complexity index is 398. The van der Waals surface area contributed by atoms with Gasteiger partial charge in [0.25, 0.3) is 0 Å². The molecule has 0 atom stereocenters. The van der Waals surface area contributed by atoms with E-state index in [2.05, 4.69) is 22.2 Å². The molecule has 18 heavy (non-hydrogen) atoms. The number of hydrogen-bond acceptors (Lipinski definition) is 4.